The number of nitrogens with one attached hydrogen (secondary N) is 1. The van der Waals surface area contributed by atoms with E-state index in [1.165, 1.54) is 32.5 Å². The van der Waals surface area contributed by atoms with Crippen molar-refractivity contribution in [2.24, 2.45) is 0 Å². The molecule has 6 heteroatoms. The summed E-state index contributed by atoms with van der Waals surface area (Å²) in [6, 6.07) is 13.6. The maximum atomic E-state index is 3.64. The Bertz CT molecular complexity index is 794. The van der Waals surface area contributed by atoms with E-state index < -0.39 is 0 Å². The van der Waals surface area contributed by atoms with Gasteiger partial charge in [-0.2, -0.15) is 0 Å². The monoisotopic (exact) mass is 455 g/mol. The fourth-order valence-electron chi connectivity index (χ4n) is 4.06. The Hall–Kier alpha value is -1.89. The van der Waals surface area contributed by atoms with Gasteiger partial charge in [0.05, 0.1) is 11.4 Å². The van der Waals surface area contributed by atoms with E-state index in [1.807, 2.05) is 11.8 Å². The van der Waals surface area contributed by atoms with Gasteiger partial charge in [0.25, 0.3) is 0 Å². The molecule has 1 aliphatic heterocycles. The molecule has 0 atom stereocenters. The van der Waals surface area contributed by atoms with Crippen LogP contribution in [0, 0.1) is 0 Å². The smallest absolute Gasteiger partial charge is 0.0527 e. The number of anilines is 4. The molecule has 0 aliphatic carbocycles. The van der Waals surface area contributed by atoms with Crippen molar-refractivity contribution in [3.8, 4) is 0 Å². The summed E-state index contributed by atoms with van der Waals surface area (Å²) < 4.78 is 0. The van der Waals surface area contributed by atoms with Gasteiger partial charge in [-0.15, -0.1) is 0 Å². The van der Waals surface area contributed by atoms with Crippen LogP contribution in [-0.4, -0.2) is 76.3 Å². The van der Waals surface area contributed by atoms with Gasteiger partial charge in [0.15, 0.2) is 0 Å². The first-order valence-electron chi connectivity index (χ1n) is 12.1. The Morgan fingerprint density at radius 1 is 0.625 bits per heavy atom. The molecule has 5 nitrogen and oxygen atoms in total. The summed E-state index contributed by atoms with van der Waals surface area (Å²) >= 11 is 1.88. The molecule has 3 rings (SSSR count). The standard InChI is InChI=1S/C26H41N5S/c1-7-30(8-2)17-15-28(5)21-11-13-23-25(19-21)32-26-20-22(12-14-24(26)27-23)29(6)16-18-31(9-3)10-4/h11-14,19-20,27H,7-10,15-18H2,1-6H3. The summed E-state index contributed by atoms with van der Waals surface area (Å²) in [6.45, 7) is 17.6. The highest BCUT2D eigenvalue weighted by molar-refractivity contribution is 7.99. The molecule has 0 spiro atoms. The first kappa shape index (κ1) is 24.7. The summed E-state index contributed by atoms with van der Waals surface area (Å²) in [5.74, 6) is 0. The number of nitrogens with zero attached hydrogens (tertiary/aromatic N) is 4. The van der Waals surface area contributed by atoms with Gasteiger partial charge in [-0.3, -0.25) is 0 Å². The summed E-state index contributed by atoms with van der Waals surface area (Å²) in [5.41, 5.74) is 4.96. The van der Waals surface area contributed by atoms with E-state index in [9.17, 15) is 0 Å². The van der Waals surface area contributed by atoms with Crippen molar-refractivity contribution in [3.63, 3.8) is 0 Å². The highest BCUT2D eigenvalue weighted by Crippen LogP contribution is 2.46. The fourth-order valence-corrected chi connectivity index (χ4v) is 5.11. The second kappa shape index (κ2) is 11.8. The van der Waals surface area contributed by atoms with Crippen LogP contribution in [0.5, 0.6) is 0 Å². The third-order valence-electron chi connectivity index (χ3n) is 6.59. The maximum Gasteiger partial charge on any atom is 0.0527 e. The minimum absolute atomic E-state index is 1.04. The molecular weight excluding hydrogens is 414 g/mol. The van der Waals surface area contributed by atoms with Crippen molar-refractivity contribution in [1.29, 1.82) is 0 Å². The molecule has 1 aliphatic rings. The molecule has 2 aromatic rings. The number of benzene rings is 2. The Balaban J connectivity index is 1.68. The van der Waals surface area contributed by atoms with Gasteiger partial charge in [0.2, 0.25) is 0 Å². The van der Waals surface area contributed by atoms with Gasteiger partial charge in [-0.25, -0.2) is 0 Å². The van der Waals surface area contributed by atoms with E-state index in [0.29, 0.717) is 0 Å². The van der Waals surface area contributed by atoms with Gasteiger partial charge in [0, 0.05) is 61.4 Å². The molecule has 1 heterocycles. The zero-order chi connectivity index (χ0) is 23.1. The van der Waals surface area contributed by atoms with Gasteiger partial charge >= 0.3 is 0 Å². The molecule has 0 radical (unpaired) electrons. The molecule has 32 heavy (non-hydrogen) atoms. The lowest BCUT2D eigenvalue weighted by Gasteiger charge is -2.28. The summed E-state index contributed by atoms with van der Waals surface area (Å²) in [4.78, 5) is 12.3. The van der Waals surface area contributed by atoms with Crippen LogP contribution in [0.2, 0.25) is 0 Å². The number of likely N-dealkylation sites (N-methyl/N-ethyl adjacent to an activating group) is 4. The van der Waals surface area contributed by atoms with Crippen LogP contribution in [0.15, 0.2) is 46.2 Å². The van der Waals surface area contributed by atoms with E-state index in [4.69, 9.17) is 0 Å². The van der Waals surface area contributed by atoms with E-state index in [2.05, 4.69) is 103 Å². The fraction of sp³-hybridized carbons (Fsp3) is 0.538. The van der Waals surface area contributed by atoms with Gasteiger partial charge in [-0.05, 0) is 62.6 Å². The molecule has 176 valence electrons. The minimum Gasteiger partial charge on any atom is -0.373 e. The van der Waals surface area contributed by atoms with Crippen LogP contribution in [0.1, 0.15) is 27.7 Å². The highest BCUT2D eigenvalue weighted by atomic mass is 32.2. The first-order valence-corrected chi connectivity index (χ1v) is 12.9. The SMILES string of the molecule is CCN(CC)CCN(C)c1ccc2c(c1)Sc1cc(N(C)CCN(CC)CC)ccc1N2. The van der Waals surface area contributed by atoms with Crippen molar-refractivity contribution in [2.75, 3.05) is 81.6 Å². The lowest BCUT2D eigenvalue weighted by molar-refractivity contribution is 0.311. The van der Waals surface area contributed by atoms with Crippen molar-refractivity contribution in [3.05, 3.63) is 36.4 Å². The highest BCUT2D eigenvalue weighted by Gasteiger charge is 2.18. The molecular formula is C26H41N5S. The van der Waals surface area contributed by atoms with E-state index in [1.54, 1.807) is 0 Å². The van der Waals surface area contributed by atoms with Crippen LogP contribution in [0.4, 0.5) is 22.7 Å². The second-order valence-electron chi connectivity index (χ2n) is 8.48. The van der Waals surface area contributed by atoms with Crippen LogP contribution in [0.25, 0.3) is 0 Å². The number of fused-ring (bicyclic) bond motifs is 2. The molecule has 2 aromatic carbocycles. The summed E-state index contributed by atoms with van der Waals surface area (Å²) in [5, 5.41) is 3.64. The number of hydrogen-bond donors (Lipinski definition) is 1. The van der Waals surface area contributed by atoms with Gasteiger partial charge < -0.3 is 24.9 Å². The normalized spacial score (nSPS) is 12.5. The topological polar surface area (TPSA) is 25.0 Å². The molecule has 0 saturated heterocycles. The molecule has 0 unspecified atom stereocenters. The van der Waals surface area contributed by atoms with E-state index in [-0.39, 0.29) is 0 Å². The predicted octanol–water partition coefficient (Wildman–Crippen LogP) is 5.45. The lowest BCUT2D eigenvalue weighted by atomic mass is 10.2. The third kappa shape index (κ3) is 6.12. The second-order valence-corrected chi connectivity index (χ2v) is 9.57. The molecule has 0 bridgehead atoms. The average Bonchev–Trinajstić information content (AvgIpc) is 2.82. The quantitative estimate of drug-likeness (QED) is 0.390. The van der Waals surface area contributed by atoms with Crippen LogP contribution in [-0.2, 0) is 0 Å². The van der Waals surface area contributed by atoms with Gasteiger partial charge in [0.1, 0.15) is 0 Å². The van der Waals surface area contributed by atoms with Crippen LogP contribution >= 0.6 is 11.8 Å². The van der Waals surface area contributed by atoms with Crippen LogP contribution < -0.4 is 15.1 Å². The Morgan fingerprint density at radius 3 is 1.41 bits per heavy atom. The largest absolute Gasteiger partial charge is 0.373 e. The van der Waals surface area contributed by atoms with Crippen molar-refractivity contribution in [1.82, 2.24) is 9.80 Å². The molecule has 1 N–H and O–H groups in total. The first-order chi connectivity index (χ1) is 15.5. The Kier molecular flexibility index (Phi) is 9.14. The van der Waals surface area contributed by atoms with E-state index >= 15 is 0 Å². The van der Waals surface area contributed by atoms with Crippen molar-refractivity contribution in [2.45, 2.75) is 37.5 Å². The predicted molar refractivity (Wildman–Crippen MR) is 142 cm³/mol. The van der Waals surface area contributed by atoms with Gasteiger partial charge in [-0.1, -0.05) is 39.5 Å². The number of rotatable bonds is 12. The molecule has 0 fully saturated rings. The molecule has 0 amide bonds. The minimum atomic E-state index is 1.04. The Morgan fingerprint density at radius 2 is 1.03 bits per heavy atom. The maximum absolute atomic E-state index is 3.64. The zero-order valence-corrected chi connectivity index (χ0v) is 21.6. The van der Waals surface area contributed by atoms with Crippen molar-refractivity contribution < 1.29 is 0 Å². The lowest BCUT2D eigenvalue weighted by Crippen LogP contribution is -2.33. The summed E-state index contributed by atoms with van der Waals surface area (Å²) in [6.07, 6.45) is 0. The Labute approximate surface area is 199 Å². The summed E-state index contributed by atoms with van der Waals surface area (Å²) in [7, 11) is 4.39. The van der Waals surface area contributed by atoms with Crippen molar-refractivity contribution >= 4 is 34.5 Å². The third-order valence-corrected chi connectivity index (χ3v) is 7.71. The number of hydrogen-bond acceptors (Lipinski definition) is 6. The molecule has 0 saturated carbocycles. The van der Waals surface area contributed by atoms with E-state index in [0.717, 1.165) is 52.4 Å². The van der Waals surface area contributed by atoms with Crippen LogP contribution in [0.3, 0.4) is 0 Å². The average molecular weight is 456 g/mol. The zero-order valence-electron chi connectivity index (χ0n) is 20.8. The molecule has 0 aromatic heterocycles.